The Morgan fingerprint density at radius 2 is 1.73 bits per heavy atom. The van der Waals surface area contributed by atoms with Gasteiger partial charge in [0.2, 0.25) is 0 Å². The third-order valence-electron chi connectivity index (χ3n) is 6.23. The van der Waals surface area contributed by atoms with Crippen LogP contribution in [-0.4, -0.2) is 40.2 Å². The van der Waals surface area contributed by atoms with Gasteiger partial charge in [-0.05, 0) is 41.0 Å². The molecule has 5 rings (SSSR count). The SMILES string of the molecule is O=C(O)CC(F)(F)C(=O)N1N=C(C2=C(c3ccc(Cl)cc3)c3cscc3NC2)CC1c1ccc(Cl)cc1. The van der Waals surface area contributed by atoms with E-state index in [1.165, 1.54) is 11.3 Å². The summed E-state index contributed by atoms with van der Waals surface area (Å²) < 4.78 is 29.4. The maximum Gasteiger partial charge on any atom is 0.337 e. The Morgan fingerprint density at radius 3 is 2.38 bits per heavy atom. The number of benzene rings is 2. The first-order valence-corrected chi connectivity index (χ1v) is 12.9. The Hall–Kier alpha value is -3.27. The number of hydrogen-bond donors (Lipinski definition) is 2. The number of carbonyl (C=O) groups excluding carboxylic acids is 1. The number of hydrazone groups is 1. The van der Waals surface area contributed by atoms with Gasteiger partial charge in [-0.15, -0.1) is 11.3 Å². The van der Waals surface area contributed by atoms with Gasteiger partial charge < -0.3 is 10.4 Å². The molecule has 0 fully saturated rings. The van der Waals surface area contributed by atoms with Crippen LogP contribution in [0.2, 0.25) is 10.0 Å². The molecule has 1 aromatic heterocycles. The van der Waals surface area contributed by atoms with E-state index in [-0.39, 0.29) is 6.42 Å². The van der Waals surface area contributed by atoms with E-state index in [9.17, 15) is 18.4 Å². The number of thiophene rings is 1. The molecule has 190 valence electrons. The van der Waals surface area contributed by atoms with Gasteiger partial charge in [0, 0.05) is 44.9 Å². The second kappa shape index (κ2) is 9.89. The number of nitrogens with one attached hydrogen (secondary N) is 1. The highest BCUT2D eigenvalue weighted by Crippen LogP contribution is 2.43. The number of amides is 1. The van der Waals surface area contributed by atoms with Crippen molar-refractivity contribution in [1.29, 1.82) is 0 Å². The molecule has 0 spiro atoms. The molecule has 1 amide bonds. The lowest BCUT2D eigenvalue weighted by Crippen LogP contribution is -2.42. The van der Waals surface area contributed by atoms with Gasteiger partial charge in [0.25, 0.3) is 0 Å². The van der Waals surface area contributed by atoms with Crippen LogP contribution in [-0.2, 0) is 9.59 Å². The molecular weight excluding hydrogens is 543 g/mol. The molecule has 6 nitrogen and oxygen atoms in total. The molecule has 0 saturated carbocycles. The van der Waals surface area contributed by atoms with Crippen LogP contribution in [0.25, 0.3) is 5.57 Å². The summed E-state index contributed by atoms with van der Waals surface area (Å²) in [5.41, 5.74) is 5.36. The summed E-state index contributed by atoms with van der Waals surface area (Å²) in [6.07, 6.45) is -1.47. The lowest BCUT2D eigenvalue weighted by molar-refractivity contribution is -0.167. The molecule has 2 aromatic carbocycles. The fourth-order valence-corrected chi connectivity index (χ4v) is 5.56. The number of hydrogen-bond acceptors (Lipinski definition) is 5. The predicted molar refractivity (Wildman–Crippen MR) is 141 cm³/mol. The van der Waals surface area contributed by atoms with E-state index < -0.39 is 30.3 Å². The van der Waals surface area contributed by atoms with Gasteiger partial charge >= 0.3 is 17.8 Å². The van der Waals surface area contributed by atoms with Gasteiger partial charge in [-0.1, -0.05) is 47.5 Å². The maximum absolute atomic E-state index is 14.7. The van der Waals surface area contributed by atoms with Crippen LogP contribution < -0.4 is 5.32 Å². The van der Waals surface area contributed by atoms with Crippen molar-refractivity contribution in [2.45, 2.75) is 24.8 Å². The van der Waals surface area contributed by atoms with Crippen molar-refractivity contribution in [1.82, 2.24) is 5.01 Å². The van der Waals surface area contributed by atoms with E-state index >= 15 is 0 Å². The van der Waals surface area contributed by atoms with Gasteiger partial charge in [0.1, 0.15) is 6.42 Å². The van der Waals surface area contributed by atoms with Crippen molar-refractivity contribution in [3.63, 3.8) is 0 Å². The summed E-state index contributed by atoms with van der Waals surface area (Å²) in [5, 5.41) is 22.4. The topological polar surface area (TPSA) is 82.0 Å². The number of anilines is 1. The summed E-state index contributed by atoms with van der Waals surface area (Å²) in [7, 11) is 0. The summed E-state index contributed by atoms with van der Waals surface area (Å²) in [4.78, 5) is 24.0. The summed E-state index contributed by atoms with van der Waals surface area (Å²) >= 11 is 13.6. The average Bonchev–Trinajstić information content (AvgIpc) is 3.51. The molecular formula is C26H19Cl2F2N3O3S. The van der Waals surface area contributed by atoms with Gasteiger partial charge in [-0.25, -0.2) is 5.01 Å². The minimum atomic E-state index is -4.13. The Labute approximate surface area is 224 Å². The first kappa shape index (κ1) is 25.4. The second-order valence-electron chi connectivity index (χ2n) is 8.66. The number of carbonyl (C=O) groups is 2. The van der Waals surface area contributed by atoms with Crippen LogP contribution in [0.3, 0.4) is 0 Å². The van der Waals surface area contributed by atoms with E-state index in [2.05, 4.69) is 10.4 Å². The van der Waals surface area contributed by atoms with Crippen molar-refractivity contribution in [3.05, 3.63) is 91.6 Å². The molecule has 1 atom stereocenters. The van der Waals surface area contributed by atoms with Gasteiger partial charge in [-0.2, -0.15) is 13.9 Å². The number of aliphatic carboxylic acids is 1. The van der Waals surface area contributed by atoms with Crippen molar-refractivity contribution in [2.75, 3.05) is 11.9 Å². The van der Waals surface area contributed by atoms with E-state index in [0.717, 1.165) is 33.0 Å². The highest BCUT2D eigenvalue weighted by Gasteiger charge is 2.49. The average molecular weight is 562 g/mol. The zero-order valence-electron chi connectivity index (χ0n) is 19.1. The van der Waals surface area contributed by atoms with E-state index in [1.807, 2.05) is 22.9 Å². The molecule has 0 bridgehead atoms. The Kier molecular flexibility index (Phi) is 6.78. The standard InChI is InChI=1S/C26H19Cl2F2N3O3S/c27-16-5-1-14(2-6-16)22-9-20(32-33(22)25(36)26(29,30)10-23(34)35)18-11-31-21-13-37-12-19(21)24(18)15-3-7-17(28)8-4-15/h1-8,12-13,22,31H,9-11H2,(H,34,35). The van der Waals surface area contributed by atoms with Crippen LogP contribution in [0.4, 0.5) is 14.5 Å². The van der Waals surface area contributed by atoms with Gasteiger partial charge in [0.15, 0.2) is 0 Å². The lowest BCUT2D eigenvalue weighted by Gasteiger charge is -2.25. The number of nitrogens with zero attached hydrogens (tertiary/aromatic N) is 2. The minimum absolute atomic E-state index is 0.157. The smallest absolute Gasteiger partial charge is 0.337 e. The highest BCUT2D eigenvalue weighted by molar-refractivity contribution is 7.08. The normalized spacial score (nSPS) is 17.4. The summed E-state index contributed by atoms with van der Waals surface area (Å²) in [6, 6.07) is 12.9. The first-order chi connectivity index (χ1) is 17.6. The molecule has 11 heteroatoms. The Morgan fingerprint density at radius 1 is 1.08 bits per heavy atom. The minimum Gasteiger partial charge on any atom is -0.481 e. The third kappa shape index (κ3) is 4.99. The Balaban J connectivity index is 1.63. The molecule has 2 aliphatic heterocycles. The van der Waals surface area contributed by atoms with Gasteiger partial charge in [0.05, 0.1) is 17.4 Å². The van der Waals surface area contributed by atoms with Crippen molar-refractivity contribution < 1.29 is 23.5 Å². The number of carboxylic acids is 1. The number of carboxylic acid groups (broad SMARTS) is 1. The second-order valence-corrected chi connectivity index (χ2v) is 10.3. The maximum atomic E-state index is 14.7. The Bertz CT molecular complexity index is 1440. The zero-order chi connectivity index (χ0) is 26.3. The van der Waals surface area contributed by atoms with E-state index in [4.69, 9.17) is 28.3 Å². The molecule has 2 aliphatic rings. The van der Waals surface area contributed by atoms with Crippen molar-refractivity contribution in [2.24, 2.45) is 5.10 Å². The van der Waals surface area contributed by atoms with Crippen LogP contribution in [0.5, 0.6) is 0 Å². The predicted octanol–water partition coefficient (Wildman–Crippen LogP) is 6.72. The van der Waals surface area contributed by atoms with E-state index in [1.54, 1.807) is 36.4 Å². The summed E-state index contributed by atoms with van der Waals surface area (Å²) in [6.45, 7) is 0.363. The van der Waals surface area contributed by atoms with Crippen LogP contribution in [0.1, 0.15) is 35.6 Å². The molecule has 0 saturated heterocycles. The quantitative estimate of drug-likeness (QED) is 0.350. The first-order valence-electron chi connectivity index (χ1n) is 11.2. The van der Waals surface area contributed by atoms with Crippen LogP contribution in [0.15, 0.2) is 70.0 Å². The molecule has 3 heterocycles. The molecule has 3 aromatic rings. The molecule has 0 radical (unpaired) electrons. The molecule has 0 aliphatic carbocycles. The highest BCUT2D eigenvalue weighted by atomic mass is 35.5. The molecule has 1 unspecified atom stereocenters. The lowest BCUT2D eigenvalue weighted by atomic mass is 9.87. The number of rotatable bonds is 6. The monoisotopic (exact) mass is 561 g/mol. The molecule has 37 heavy (non-hydrogen) atoms. The van der Waals surface area contributed by atoms with Crippen molar-refractivity contribution in [3.8, 4) is 0 Å². The number of halogens is 4. The fraction of sp³-hybridized carbons (Fsp3) is 0.192. The zero-order valence-corrected chi connectivity index (χ0v) is 21.4. The largest absolute Gasteiger partial charge is 0.481 e. The third-order valence-corrected chi connectivity index (χ3v) is 7.48. The van der Waals surface area contributed by atoms with Crippen LogP contribution >= 0.6 is 34.5 Å². The van der Waals surface area contributed by atoms with Crippen LogP contribution in [0, 0.1) is 0 Å². The fourth-order valence-electron chi connectivity index (χ4n) is 4.51. The van der Waals surface area contributed by atoms with E-state index in [0.29, 0.717) is 27.9 Å². The number of fused-ring (bicyclic) bond motifs is 1. The van der Waals surface area contributed by atoms with Gasteiger partial charge in [-0.3, -0.25) is 9.59 Å². The van der Waals surface area contributed by atoms with Crippen molar-refractivity contribution >= 4 is 63.4 Å². The summed E-state index contributed by atoms with van der Waals surface area (Å²) in [5.74, 6) is -7.58. The molecule has 2 N–H and O–H groups in total. The number of alkyl halides is 2.